The SMILES string of the molecule is CCOc1cc(CNc2ccccc2C)cc(Br)c1OCC(=O)Nc1ccccc1. The number of benzene rings is 3. The Hall–Kier alpha value is -2.99. The molecule has 0 fully saturated rings. The van der Waals surface area contributed by atoms with Gasteiger partial charge in [0, 0.05) is 17.9 Å². The van der Waals surface area contributed by atoms with Crippen LogP contribution in [0.5, 0.6) is 11.5 Å². The van der Waals surface area contributed by atoms with Gasteiger partial charge < -0.3 is 20.1 Å². The van der Waals surface area contributed by atoms with Gasteiger partial charge in [0.2, 0.25) is 0 Å². The van der Waals surface area contributed by atoms with E-state index in [9.17, 15) is 4.79 Å². The van der Waals surface area contributed by atoms with Gasteiger partial charge in [0.05, 0.1) is 11.1 Å². The number of amides is 1. The molecule has 0 atom stereocenters. The minimum absolute atomic E-state index is 0.117. The van der Waals surface area contributed by atoms with Crippen LogP contribution in [0.2, 0.25) is 0 Å². The summed E-state index contributed by atoms with van der Waals surface area (Å²) < 4.78 is 12.3. The minimum atomic E-state index is -0.235. The summed E-state index contributed by atoms with van der Waals surface area (Å²) in [6, 6.07) is 21.3. The lowest BCUT2D eigenvalue weighted by atomic mass is 10.1. The molecule has 0 spiro atoms. The first-order valence-electron chi connectivity index (χ1n) is 9.79. The summed E-state index contributed by atoms with van der Waals surface area (Å²) in [5.74, 6) is 0.876. The van der Waals surface area contributed by atoms with Crippen molar-refractivity contribution in [3.8, 4) is 11.5 Å². The van der Waals surface area contributed by atoms with Gasteiger partial charge in [-0.2, -0.15) is 0 Å². The van der Waals surface area contributed by atoms with Gasteiger partial charge in [-0.05, 0) is 71.2 Å². The summed E-state index contributed by atoms with van der Waals surface area (Å²) in [6.45, 7) is 5.00. The highest BCUT2D eigenvalue weighted by atomic mass is 79.9. The molecule has 0 saturated carbocycles. The fourth-order valence-corrected chi connectivity index (χ4v) is 3.56. The Labute approximate surface area is 185 Å². The molecule has 0 aromatic heterocycles. The standard InChI is InChI=1S/C24H25BrN2O3/c1-3-29-22-14-18(15-26-21-12-8-7-9-17(21)2)13-20(25)24(22)30-16-23(28)27-19-10-5-4-6-11-19/h4-14,26H,3,15-16H2,1-2H3,(H,27,28). The lowest BCUT2D eigenvalue weighted by Crippen LogP contribution is -2.20. The smallest absolute Gasteiger partial charge is 0.262 e. The maximum atomic E-state index is 12.2. The number of ether oxygens (including phenoxy) is 2. The summed E-state index contributed by atoms with van der Waals surface area (Å²) in [6.07, 6.45) is 0. The van der Waals surface area contributed by atoms with E-state index >= 15 is 0 Å². The Kier molecular flexibility index (Phi) is 7.74. The van der Waals surface area contributed by atoms with E-state index in [2.05, 4.69) is 45.6 Å². The van der Waals surface area contributed by atoms with E-state index in [4.69, 9.17) is 9.47 Å². The first-order valence-corrected chi connectivity index (χ1v) is 10.6. The first kappa shape index (κ1) is 21.7. The highest BCUT2D eigenvalue weighted by Crippen LogP contribution is 2.37. The molecule has 3 rings (SSSR count). The zero-order chi connectivity index (χ0) is 21.3. The van der Waals surface area contributed by atoms with Gasteiger partial charge in [0.1, 0.15) is 0 Å². The van der Waals surface area contributed by atoms with Crippen LogP contribution in [-0.2, 0) is 11.3 Å². The number of halogens is 1. The topological polar surface area (TPSA) is 59.6 Å². The molecular weight excluding hydrogens is 444 g/mol. The fraction of sp³-hybridized carbons (Fsp3) is 0.208. The maximum absolute atomic E-state index is 12.2. The summed E-state index contributed by atoms with van der Waals surface area (Å²) in [5.41, 5.74) is 4.04. The van der Waals surface area contributed by atoms with Crippen LogP contribution in [-0.4, -0.2) is 19.1 Å². The average Bonchev–Trinajstić information content (AvgIpc) is 2.73. The predicted octanol–water partition coefficient (Wildman–Crippen LogP) is 5.79. The lowest BCUT2D eigenvalue weighted by molar-refractivity contribution is -0.118. The molecule has 0 bridgehead atoms. The van der Waals surface area contributed by atoms with Crippen molar-refractivity contribution in [2.24, 2.45) is 0 Å². The summed E-state index contributed by atoms with van der Waals surface area (Å²) in [5, 5.41) is 6.25. The van der Waals surface area contributed by atoms with Gasteiger partial charge in [-0.15, -0.1) is 0 Å². The number of nitrogens with one attached hydrogen (secondary N) is 2. The van der Waals surface area contributed by atoms with E-state index < -0.39 is 0 Å². The molecule has 1 amide bonds. The number of anilines is 2. The van der Waals surface area contributed by atoms with E-state index in [1.165, 1.54) is 5.56 Å². The van der Waals surface area contributed by atoms with Crippen LogP contribution in [0.4, 0.5) is 11.4 Å². The molecule has 0 saturated heterocycles. The number of rotatable bonds is 9. The minimum Gasteiger partial charge on any atom is -0.490 e. The molecule has 2 N–H and O–H groups in total. The van der Waals surface area contributed by atoms with Gasteiger partial charge in [-0.1, -0.05) is 36.4 Å². The van der Waals surface area contributed by atoms with E-state index in [1.54, 1.807) is 0 Å². The van der Waals surface area contributed by atoms with Crippen molar-refractivity contribution in [1.82, 2.24) is 0 Å². The van der Waals surface area contributed by atoms with E-state index in [0.29, 0.717) is 24.7 Å². The average molecular weight is 469 g/mol. The largest absolute Gasteiger partial charge is 0.490 e. The van der Waals surface area contributed by atoms with Gasteiger partial charge >= 0.3 is 0 Å². The van der Waals surface area contributed by atoms with E-state index in [-0.39, 0.29) is 12.5 Å². The lowest BCUT2D eigenvalue weighted by Gasteiger charge is -2.16. The second-order valence-corrected chi connectivity index (χ2v) is 7.56. The fourth-order valence-electron chi connectivity index (χ4n) is 2.95. The Balaban J connectivity index is 1.68. The second kappa shape index (κ2) is 10.7. The number of aryl methyl sites for hydroxylation is 1. The molecule has 0 unspecified atom stereocenters. The summed E-state index contributed by atoms with van der Waals surface area (Å²) in [4.78, 5) is 12.2. The second-order valence-electron chi connectivity index (χ2n) is 6.71. The van der Waals surface area contributed by atoms with Gasteiger partial charge in [-0.3, -0.25) is 4.79 Å². The van der Waals surface area contributed by atoms with Crippen LogP contribution in [0.3, 0.4) is 0 Å². The van der Waals surface area contributed by atoms with Crippen LogP contribution in [0.1, 0.15) is 18.1 Å². The summed E-state index contributed by atoms with van der Waals surface area (Å²) in [7, 11) is 0. The van der Waals surface area contributed by atoms with Crippen LogP contribution in [0, 0.1) is 6.92 Å². The summed E-state index contributed by atoms with van der Waals surface area (Å²) >= 11 is 3.56. The van der Waals surface area contributed by atoms with Crippen molar-refractivity contribution < 1.29 is 14.3 Å². The number of hydrogen-bond donors (Lipinski definition) is 2. The van der Waals surface area contributed by atoms with E-state index in [1.807, 2.05) is 61.5 Å². The molecule has 0 aliphatic carbocycles. The van der Waals surface area contributed by atoms with E-state index in [0.717, 1.165) is 21.4 Å². The Morgan fingerprint density at radius 2 is 1.73 bits per heavy atom. The van der Waals surface area contributed by atoms with Crippen molar-refractivity contribution >= 4 is 33.2 Å². The molecule has 0 aliphatic rings. The third-order valence-corrected chi connectivity index (χ3v) is 4.99. The molecule has 3 aromatic carbocycles. The number of hydrogen-bond acceptors (Lipinski definition) is 4. The Morgan fingerprint density at radius 3 is 2.47 bits per heavy atom. The molecule has 156 valence electrons. The zero-order valence-electron chi connectivity index (χ0n) is 17.1. The first-order chi connectivity index (χ1) is 14.6. The molecule has 0 heterocycles. The molecule has 0 radical (unpaired) electrons. The van der Waals surface area contributed by atoms with Gasteiger partial charge in [-0.25, -0.2) is 0 Å². The highest BCUT2D eigenvalue weighted by molar-refractivity contribution is 9.10. The van der Waals surface area contributed by atoms with Crippen LogP contribution in [0.25, 0.3) is 0 Å². The molecule has 6 heteroatoms. The number of para-hydroxylation sites is 2. The number of carbonyl (C=O) groups is 1. The van der Waals surface area contributed by atoms with Crippen molar-refractivity contribution in [2.45, 2.75) is 20.4 Å². The Morgan fingerprint density at radius 1 is 1.00 bits per heavy atom. The Bertz CT molecular complexity index is 993. The van der Waals surface area contributed by atoms with Crippen LogP contribution >= 0.6 is 15.9 Å². The monoisotopic (exact) mass is 468 g/mol. The van der Waals surface area contributed by atoms with Crippen molar-refractivity contribution in [3.63, 3.8) is 0 Å². The molecule has 5 nitrogen and oxygen atoms in total. The van der Waals surface area contributed by atoms with Crippen LogP contribution in [0.15, 0.2) is 71.2 Å². The predicted molar refractivity (Wildman–Crippen MR) is 124 cm³/mol. The van der Waals surface area contributed by atoms with Crippen molar-refractivity contribution in [2.75, 3.05) is 23.8 Å². The normalized spacial score (nSPS) is 10.4. The number of carbonyl (C=O) groups excluding carboxylic acids is 1. The molecule has 3 aromatic rings. The quantitative estimate of drug-likeness (QED) is 0.417. The zero-order valence-corrected chi connectivity index (χ0v) is 18.7. The molecule has 0 aliphatic heterocycles. The van der Waals surface area contributed by atoms with Crippen molar-refractivity contribution in [1.29, 1.82) is 0 Å². The third-order valence-electron chi connectivity index (χ3n) is 4.40. The molecule has 30 heavy (non-hydrogen) atoms. The van der Waals surface area contributed by atoms with Gasteiger partial charge in [0.15, 0.2) is 18.1 Å². The molecular formula is C24H25BrN2O3. The highest BCUT2D eigenvalue weighted by Gasteiger charge is 2.14. The van der Waals surface area contributed by atoms with Crippen molar-refractivity contribution in [3.05, 3.63) is 82.3 Å². The third kappa shape index (κ3) is 6.00. The van der Waals surface area contributed by atoms with Gasteiger partial charge in [0.25, 0.3) is 5.91 Å². The maximum Gasteiger partial charge on any atom is 0.262 e. The van der Waals surface area contributed by atoms with Crippen LogP contribution < -0.4 is 20.1 Å².